The standard InChI is InChI=1S/C25H17FN4O8/c1-13(31)27-15-3-5-16(6-4-15)29-23(33)18-8-2-14(10-19(18)24(29)34)25(35)38-12-22(32)28-21-11-17(30(36)37)7-9-20(21)26/h2-11H,12H2,1H3,(H,27,31)(H,28,32). The number of nitro benzene ring substituents is 1. The smallest absolute Gasteiger partial charge is 0.338 e. The molecule has 0 spiro atoms. The number of nitrogens with one attached hydrogen (secondary N) is 2. The molecule has 0 saturated carbocycles. The fraction of sp³-hybridized carbons (Fsp3) is 0.0800. The van der Waals surface area contributed by atoms with Crippen molar-refractivity contribution >= 4 is 52.3 Å². The van der Waals surface area contributed by atoms with Gasteiger partial charge in [0, 0.05) is 24.7 Å². The van der Waals surface area contributed by atoms with Crippen LogP contribution in [0.2, 0.25) is 0 Å². The Bertz CT molecular complexity index is 1520. The van der Waals surface area contributed by atoms with Crippen molar-refractivity contribution in [1.29, 1.82) is 0 Å². The molecule has 1 heterocycles. The van der Waals surface area contributed by atoms with Crippen LogP contribution in [0.15, 0.2) is 60.7 Å². The molecule has 192 valence electrons. The number of hydrogen-bond donors (Lipinski definition) is 2. The first-order valence-electron chi connectivity index (χ1n) is 10.9. The Balaban J connectivity index is 1.43. The van der Waals surface area contributed by atoms with E-state index >= 15 is 0 Å². The number of esters is 1. The van der Waals surface area contributed by atoms with E-state index in [9.17, 15) is 38.5 Å². The van der Waals surface area contributed by atoms with Crippen LogP contribution in [0.1, 0.15) is 38.0 Å². The van der Waals surface area contributed by atoms with Gasteiger partial charge in [-0.15, -0.1) is 0 Å². The molecular weight excluding hydrogens is 503 g/mol. The van der Waals surface area contributed by atoms with Crippen molar-refractivity contribution < 1.29 is 38.0 Å². The van der Waals surface area contributed by atoms with Gasteiger partial charge in [-0.05, 0) is 48.5 Å². The van der Waals surface area contributed by atoms with Crippen LogP contribution in [-0.2, 0) is 14.3 Å². The zero-order valence-corrected chi connectivity index (χ0v) is 19.5. The molecule has 1 aliphatic rings. The van der Waals surface area contributed by atoms with Crippen LogP contribution in [0.5, 0.6) is 0 Å². The van der Waals surface area contributed by atoms with Crippen molar-refractivity contribution in [3.8, 4) is 0 Å². The average Bonchev–Trinajstić information content (AvgIpc) is 3.13. The Morgan fingerprint density at radius 3 is 2.29 bits per heavy atom. The predicted octanol–water partition coefficient (Wildman–Crippen LogP) is 3.29. The van der Waals surface area contributed by atoms with Gasteiger partial charge in [-0.1, -0.05) is 0 Å². The fourth-order valence-corrected chi connectivity index (χ4v) is 3.62. The summed E-state index contributed by atoms with van der Waals surface area (Å²) in [5.74, 6) is -4.47. The second-order valence-corrected chi connectivity index (χ2v) is 7.98. The number of carbonyl (C=O) groups is 5. The number of halogens is 1. The van der Waals surface area contributed by atoms with Crippen LogP contribution >= 0.6 is 0 Å². The van der Waals surface area contributed by atoms with Crippen molar-refractivity contribution in [2.75, 3.05) is 22.1 Å². The molecule has 0 aromatic heterocycles. The number of rotatable bonds is 7. The number of benzene rings is 3. The third kappa shape index (κ3) is 5.21. The third-order valence-corrected chi connectivity index (χ3v) is 5.34. The molecule has 3 aromatic carbocycles. The maximum absolute atomic E-state index is 13.9. The van der Waals surface area contributed by atoms with Crippen molar-refractivity contribution in [2.24, 2.45) is 0 Å². The van der Waals surface area contributed by atoms with Crippen molar-refractivity contribution in [3.63, 3.8) is 0 Å². The first kappa shape index (κ1) is 25.6. The van der Waals surface area contributed by atoms with Crippen LogP contribution in [0, 0.1) is 15.9 Å². The average molecular weight is 520 g/mol. The lowest BCUT2D eigenvalue weighted by Crippen LogP contribution is -2.29. The van der Waals surface area contributed by atoms with Gasteiger partial charge in [0.25, 0.3) is 23.4 Å². The summed E-state index contributed by atoms with van der Waals surface area (Å²) in [6.45, 7) is 0.488. The van der Waals surface area contributed by atoms with Crippen LogP contribution < -0.4 is 15.5 Å². The molecule has 0 radical (unpaired) electrons. The predicted molar refractivity (Wildman–Crippen MR) is 130 cm³/mol. The summed E-state index contributed by atoms with van der Waals surface area (Å²) >= 11 is 0. The lowest BCUT2D eigenvalue weighted by atomic mass is 10.1. The van der Waals surface area contributed by atoms with Crippen molar-refractivity contribution in [2.45, 2.75) is 6.92 Å². The molecule has 13 heteroatoms. The summed E-state index contributed by atoms with van der Waals surface area (Å²) in [5, 5.41) is 15.5. The maximum Gasteiger partial charge on any atom is 0.338 e. The number of non-ortho nitro benzene ring substituents is 1. The maximum atomic E-state index is 13.9. The number of carbonyl (C=O) groups excluding carboxylic acids is 5. The van der Waals surface area contributed by atoms with Gasteiger partial charge in [0.15, 0.2) is 6.61 Å². The number of nitrogens with zero attached hydrogens (tertiary/aromatic N) is 2. The Kier molecular flexibility index (Phi) is 6.92. The van der Waals surface area contributed by atoms with Gasteiger partial charge in [-0.2, -0.15) is 0 Å². The summed E-state index contributed by atoms with van der Waals surface area (Å²) in [4.78, 5) is 72.5. The molecule has 0 bridgehead atoms. The molecule has 2 N–H and O–H groups in total. The van der Waals surface area contributed by atoms with Gasteiger partial charge in [0.05, 0.1) is 33.0 Å². The van der Waals surface area contributed by atoms with E-state index in [0.717, 1.165) is 29.2 Å². The lowest BCUT2D eigenvalue weighted by Gasteiger charge is -2.14. The summed E-state index contributed by atoms with van der Waals surface area (Å²) < 4.78 is 18.8. The highest BCUT2D eigenvalue weighted by Crippen LogP contribution is 2.30. The van der Waals surface area contributed by atoms with Gasteiger partial charge in [-0.3, -0.25) is 29.3 Å². The van der Waals surface area contributed by atoms with E-state index in [1.54, 1.807) is 0 Å². The highest BCUT2D eigenvalue weighted by Gasteiger charge is 2.37. The Morgan fingerprint density at radius 2 is 1.63 bits per heavy atom. The van der Waals surface area contributed by atoms with E-state index < -0.39 is 52.4 Å². The number of nitro groups is 1. The highest BCUT2D eigenvalue weighted by atomic mass is 19.1. The fourth-order valence-electron chi connectivity index (χ4n) is 3.62. The number of ether oxygens (including phenoxy) is 1. The Labute approximate surface area is 213 Å². The normalized spacial score (nSPS) is 12.1. The van der Waals surface area contributed by atoms with Gasteiger partial charge < -0.3 is 15.4 Å². The Hall–Kier alpha value is -5.46. The first-order valence-corrected chi connectivity index (χ1v) is 10.9. The zero-order chi connectivity index (χ0) is 27.6. The molecule has 1 aliphatic heterocycles. The minimum Gasteiger partial charge on any atom is -0.452 e. The van der Waals surface area contributed by atoms with Crippen LogP contribution in [0.4, 0.5) is 27.1 Å². The van der Waals surface area contributed by atoms with E-state index in [1.165, 1.54) is 43.3 Å². The summed E-state index contributed by atoms with van der Waals surface area (Å²) in [6.07, 6.45) is 0. The number of amides is 4. The highest BCUT2D eigenvalue weighted by molar-refractivity contribution is 6.34. The van der Waals surface area contributed by atoms with Gasteiger partial charge in [-0.25, -0.2) is 14.1 Å². The van der Waals surface area contributed by atoms with E-state index in [1.807, 2.05) is 0 Å². The number of hydrogen-bond acceptors (Lipinski definition) is 8. The number of fused-ring (bicyclic) bond motifs is 1. The minimum absolute atomic E-state index is 0.0522. The quantitative estimate of drug-likeness (QED) is 0.207. The van der Waals surface area contributed by atoms with Gasteiger partial charge >= 0.3 is 5.97 Å². The second-order valence-electron chi connectivity index (χ2n) is 7.98. The van der Waals surface area contributed by atoms with Crippen LogP contribution in [-0.4, -0.2) is 41.1 Å². The van der Waals surface area contributed by atoms with Gasteiger partial charge in [0.1, 0.15) is 5.82 Å². The largest absolute Gasteiger partial charge is 0.452 e. The summed E-state index contributed by atoms with van der Waals surface area (Å²) in [5.41, 5.74) is -0.322. The number of anilines is 3. The minimum atomic E-state index is -0.999. The third-order valence-electron chi connectivity index (χ3n) is 5.34. The van der Waals surface area contributed by atoms with E-state index in [2.05, 4.69) is 10.6 Å². The van der Waals surface area contributed by atoms with Crippen LogP contribution in [0.3, 0.4) is 0 Å². The molecule has 12 nitrogen and oxygen atoms in total. The van der Waals surface area contributed by atoms with E-state index in [4.69, 9.17) is 4.74 Å². The van der Waals surface area contributed by atoms with E-state index in [-0.39, 0.29) is 28.3 Å². The first-order chi connectivity index (χ1) is 18.0. The van der Waals surface area contributed by atoms with E-state index in [0.29, 0.717) is 5.69 Å². The molecular formula is C25H17FN4O8. The molecule has 38 heavy (non-hydrogen) atoms. The van der Waals surface area contributed by atoms with Crippen molar-refractivity contribution in [1.82, 2.24) is 0 Å². The molecule has 4 rings (SSSR count). The second kappa shape index (κ2) is 10.3. The molecule has 4 amide bonds. The Morgan fingerprint density at radius 1 is 0.947 bits per heavy atom. The monoisotopic (exact) mass is 520 g/mol. The molecule has 0 aliphatic carbocycles. The molecule has 0 unspecified atom stereocenters. The molecule has 0 saturated heterocycles. The topological polar surface area (TPSA) is 165 Å². The summed E-state index contributed by atoms with van der Waals surface area (Å²) in [7, 11) is 0. The van der Waals surface area contributed by atoms with Gasteiger partial charge in [0.2, 0.25) is 5.91 Å². The summed E-state index contributed by atoms with van der Waals surface area (Å²) in [6, 6.07) is 12.2. The van der Waals surface area contributed by atoms with Crippen molar-refractivity contribution in [3.05, 3.63) is 93.3 Å². The lowest BCUT2D eigenvalue weighted by molar-refractivity contribution is -0.384. The zero-order valence-electron chi connectivity index (χ0n) is 19.5. The molecule has 0 fully saturated rings. The van der Waals surface area contributed by atoms with Crippen LogP contribution in [0.25, 0.3) is 0 Å². The molecule has 0 atom stereocenters. The number of imide groups is 1. The SMILES string of the molecule is CC(=O)Nc1ccc(N2C(=O)c3ccc(C(=O)OCC(=O)Nc4cc([N+](=O)[O-])ccc4F)cc3C2=O)cc1. The molecule has 3 aromatic rings.